The zero-order valence-corrected chi connectivity index (χ0v) is 17.6. The Kier molecular flexibility index (Phi) is 6.04. The van der Waals surface area contributed by atoms with Crippen LogP contribution in [-0.4, -0.2) is 48.6 Å². The monoisotopic (exact) mass is 407 g/mol. The Balaban J connectivity index is 1.48. The molecule has 1 amide bonds. The fourth-order valence-electron chi connectivity index (χ4n) is 3.43. The van der Waals surface area contributed by atoms with Crippen LogP contribution in [0.3, 0.4) is 0 Å². The van der Waals surface area contributed by atoms with E-state index in [1.165, 1.54) is 16.7 Å². The number of nitrogens with zero attached hydrogens (tertiary/aromatic N) is 2. The highest BCUT2D eigenvalue weighted by Gasteiger charge is 2.15. The molecule has 0 aliphatic carbocycles. The molecule has 4 rings (SSSR count). The van der Waals surface area contributed by atoms with Crippen LogP contribution in [0.15, 0.2) is 47.8 Å². The molecule has 1 aliphatic heterocycles. The molecule has 6 heteroatoms. The van der Waals surface area contributed by atoms with Crippen LogP contribution in [-0.2, 0) is 9.53 Å². The SMILES string of the molecule is Cc1ccc(C)c(-c2csc(-c3cccc(NC(=O)CN4CCOCC4)c3)n2)c1. The topological polar surface area (TPSA) is 54.5 Å². The summed E-state index contributed by atoms with van der Waals surface area (Å²) < 4.78 is 5.33. The van der Waals surface area contributed by atoms with Gasteiger partial charge in [-0.1, -0.05) is 29.8 Å². The smallest absolute Gasteiger partial charge is 0.238 e. The first-order valence-corrected chi connectivity index (χ1v) is 10.7. The lowest BCUT2D eigenvalue weighted by molar-refractivity contribution is -0.118. The molecule has 1 fully saturated rings. The molecule has 3 aromatic rings. The van der Waals surface area contributed by atoms with Gasteiger partial charge in [0, 0.05) is 35.3 Å². The Morgan fingerprint density at radius 3 is 2.83 bits per heavy atom. The van der Waals surface area contributed by atoms with Crippen LogP contribution in [0.5, 0.6) is 0 Å². The predicted octanol–water partition coefficient (Wildman–Crippen LogP) is 4.36. The number of amides is 1. The summed E-state index contributed by atoms with van der Waals surface area (Å²) in [5.41, 5.74) is 6.41. The molecular weight excluding hydrogens is 382 g/mol. The highest BCUT2D eigenvalue weighted by atomic mass is 32.1. The number of benzene rings is 2. The van der Waals surface area contributed by atoms with E-state index in [1.807, 2.05) is 24.3 Å². The maximum atomic E-state index is 12.4. The fraction of sp³-hybridized carbons (Fsp3) is 0.304. The zero-order chi connectivity index (χ0) is 20.2. The van der Waals surface area contributed by atoms with Crippen LogP contribution in [0, 0.1) is 13.8 Å². The highest BCUT2D eigenvalue weighted by Crippen LogP contribution is 2.32. The summed E-state index contributed by atoms with van der Waals surface area (Å²) in [6, 6.07) is 14.3. The van der Waals surface area contributed by atoms with E-state index in [1.54, 1.807) is 11.3 Å². The summed E-state index contributed by atoms with van der Waals surface area (Å²) in [4.78, 5) is 19.3. The van der Waals surface area contributed by atoms with Gasteiger partial charge in [0.05, 0.1) is 25.5 Å². The van der Waals surface area contributed by atoms with E-state index in [0.717, 1.165) is 35.0 Å². The van der Waals surface area contributed by atoms with Crippen molar-refractivity contribution in [3.05, 3.63) is 59.0 Å². The molecule has 0 saturated carbocycles. The number of rotatable bonds is 5. The Morgan fingerprint density at radius 1 is 1.17 bits per heavy atom. The van der Waals surface area contributed by atoms with E-state index in [4.69, 9.17) is 9.72 Å². The standard InChI is InChI=1S/C23H25N3O2S/c1-16-6-7-17(2)20(12-16)21-15-29-23(25-21)18-4-3-5-19(13-18)24-22(27)14-26-8-10-28-11-9-26/h3-7,12-13,15H,8-11,14H2,1-2H3,(H,24,27). The van der Waals surface area contributed by atoms with Crippen LogP contribution >= 0.6 is 11.3 Å². The lowest BCUT2D eigenvalue weighted by Crippen LogP contribution is -2.41. The minimum Gasteiger partial charge on any atom is -0.379 e. The second kappa shape index (κ2) is 8.86. The molecule has 1 aliphatic rings. The van der Waals surface area contributed by atoms with Crippen LogP contribution in [0.2, 0.25) is 0 Å². The summed E-state index contributed by atoms with van der Waals surface area (Å²) in [6.45, 7) is 7.58. The van der Waals surface area contributed by atoms with Gasteiger partial charge in [-0.3, -0.25) is 9.69 Å². The van der Waals surface area contributed by atoms with E-state index in [9.17, 15) is 4.79 Å². The average Bonchev–Trinajstić information content (AvgIpc) is 3.21. The summed E-state index contributed by atoms with van der Waals surface area (Å²) >= 11 is 1.62. The Bertz CT molecular complexity index is 1010. The lowest BCUT2D eigenvalue weighted by atomic mass is 10.0. The van der Waals surface area contributed by atoms with Crippen LogP contribution in [0.1, 0.15) is 11.1 Å². The van der Waals surface area contributed by atoms with Gasteiger partial charge in [0.1, 0.15) is 5.01 Å². The molecule has 0 unspecified atom stereocenters. The normalized spacial score (nSPS) is 14.7. The molecule has 0 bridgehead atoms. The van der Waals surface area contributed by atoms with Crippen LogP contribution in [0.4, 0.5) is 5.69 Å². The van der Waals surface area contributed by atoms with Crippen molar-refractivity contribution in [1.29, 1.82) is 0 Å². The molecule has 5 nitrogen and oxygen atoms in total. The second-order valence-corrected chi connectivity index (χ2v) is 8.23. The molecule has 150 valence electrons. The number of carbonyl (C=O) groups excluding carboxylic acids is 1. The van der Waals surface area contributed by atoms with Crippen molar-refractivity contribution in [2.75, 3.05) is 38.2 Å². The summed E-state index contributed by atoms with van der Waals surface area (Å²) in [5, 5.41) is 6.06. The number of hydrogen-bond acceptors (Lipinski definition) is 5. The molecule has 29 heavy (non-hydrogen) atoms. The van der Waals surface area contributed by atoms with Gasteiger partial charge in [-0.2, -0.15) is 0 Å². The third-order valence-electron chi connectivity index (χ3n) is 5.04. The van der Waals surface area contributed by atoms with E-state index in [2.05, 4.69) is 47.6 Å². The van der Waals surface area contributed by atoms with Crippen molar-refractivity contribution in [3.63, 3.8) is 0 Å². The van der Waals surface area contributed by atoms with Gasteiger partial charge < -0.3 is 10.1 Å². The minimum atomic E-state index is -0.000682. The third-order valence-corrected chi connectivity index (χ3v) is 5.93. The molecular formula is C23H25N3O2S. The number of ether oxygens (including phenoxy) is 1. The van der Waals surface area contributed by atoms with Gasteiger partial charge in [-0.05, 0) is 37.6 Å². The maximum Gasteiger partial charge on any atom is 0.238 e. The predicted molar refractivity (Wildman–Crippen MR) is 118 cm³/mol. The number of hydrogen-bond donors (Lipinski definition) is 1. The van der Waals surface area contributed by atoms with Crippen LogP contribution in [0.25, 0.3) is 21.8 Å². The third kappa shape index (κ3) is 4.90. The summed E-state index contributed by atoms with van der Waals surface area (Å²) in [7, 11) is 0. The van der Waals surface area contributed by atoms with Gasteiger partial charge in [0.25, 0.3) is 0 Å². The van der Waals surface area contributed by atoms with E-state index in [-0.39, 0.29) is 5.91 Å². The first-order chi connectivity index (χ1) is 14.1. The number of thiazole rings is 1. The van der Waals surface area contributed by atoms with E-state index >= 15 is 0 Å². The first kappa shape index (κ1) is 19.8. The molecule has 0 spiro atoms. The molecule has 0 radical (unpaired) electrons. The molecule has 1 saturated heterocycles. The summed E-state index contributed by atoms with van der Waals surface area (Å²) in [6.07, 6.45) is 0. The largest absolute Gasteiger partial charge is 0.379 e. The Hall–Kier alpha value is -2.54. The van der Waals surface area contributed by atoms with Crippen molar-refractivity contribution < 1.29 is 9.53 Å². The number of anilines is 1. The number of aryl methyl sites for hydroxylation is 2. The van der Waals surface area contributed by atoms with Crippen molar-refractivity contribution in [1.82, 2.24) is 9.88 Å². The molecule has 1 N–H and O–H groups in total. The molecule has 2 aromatic carbocycles. The Labute approximate surface area is 175 Å². The second-order valence-electron chi connectivity index (χ2n) is 7.37. The minimum absolute atomic E-state index is 0.000682. The van der Waals surface area contributed by atoms with Gasteiger partial charge in [-0.25, -0.2) is 4.98 Å². The number of morpholine rings is 1. The first-order valence-electron chi connectivity index (χ1n) is 9.82. The Morgan fingerprint density at radius 2 is 2.00 bits per heavy atom. The summed E-state index contributed by atoms with van der Waals surface area (Å²) in [5.74, 6) is -0.000682. The average molecular weight is 408 g/mol. The molecule has 2 heterocycles. The van der Waals surface area contributed by atoms with Crippen molar-refractivity contribution in [2.45, 2.75) is 13.8 Å². The van der Waals surface area contributed by atoms with Crippen molar-refractivity contribution in [3.8, 4) is 21.8 Å². The fourth-order valence-corrected chi connectivity index (χ4v) is 4.25. The van der Waals surface area contributed by atoms with E-state index < -0.39 is 0 Å². The van der Waals surface area contributed by atoms with Gasteiger partial charge in [0.2, 0.25) is 5.91 Å². The number of aromatic nitrogens is 1. The zero-order valence-electron chi connectivity index (χ0n) is 16.8. The highest BCUT2D eigenvalue weighted by molar-refractivity contribution is 7.13. The van der Waals surface area contributed by atoms with Crippen molar-refractivity contribution in [2.24, 2.45) is 0 Å². The van der Waals surface area contributed by atoms with Crippen LogP contribution < -0.4 is 5.32 Å². The quantitative estimate of drug-likeness (QED) is 0.683. The molecule has 1 aromatic heterocycles. The van der Waals surface area contributed by atoms with Crippen molar-refractivity contribution >= 4 is 22.9 Å². The van der Waals surface area contributed by atoms with E-state index in [0.29, 0.717) is 19.8 Å². The molecule has 0 atom stereocenters. The number of carbonyl (C=O) groups is 1. The maximum absolute atomic E-state index is 12.4. The van der Waals surface area contributed by atoms with Gasteiger partial charge >= 0.3 is 0 Å². The van der Waals surface area contributed by atoms with Gasteiger partial charge in [-0.15, -0.1) is 11.3 Å². The number of nitrogens with one attached hydrogen (secondary N) is 1. The lowest BCUT2D eigenvalue weighted by Gasteiger charge is -2.25. The van der Waals surface area contributed by atoms with Gasteiger partial charge in [0.15, 0.2) is 0 Å².